The summed E-state index contributed by atoms with van der Waals surface area (Å²) in [5.41, 5.74) is 0.323. The SMILES string of the molecule is O=C(CCS(=O)(=O)c1ccc(Cl)cc1)Nc1ccc(S(=O)(=O)Nc2ncccn2)cc1. The summed E-state index contributed by atoms with van der Waals surface area (Å²) in [7, 11) is -7.54. The van der Waals surface area contributed by atoms with Crippen molar-refractivity contribution in [1.29, 1.82) is 0 Å². The fourth-order valence-electron chi connectivity index (χ4n) is 2.46. The predicted octanol–water partition coefficient (Wildman–Crippen LogP) is 2.73. The van der Waals surface area contributed by atoms with Crippen LogP contribution in [0.5, 0.6) is 0 Å². The predicted molar refractivity (Wildman–Crippen MR) is 116 cm³/mol. The maximum absolute atomic E-state index is 12.4. The van der Waals surface area contributed by atoms with Gasteiger partial charge in [-0.25, -0.2) is 31.5 Å². The van der Waals surface area contributed by atoms with Crippen LogP contribution in [0.15, 0.2) is 76.8 Å². The third kappa shape index (κ3) is 6.23. The monoisotopic (exact) mass is 480 g/mol. The number of benzene rings is 2. The van der Waals surface area contributed by atoms with Gasteiger partial charge in [0.25, 0.3) is 10.0 Å². The number of halogens is 1. The molecule has 1 amide bonds. The smallest absolute Gasteiger partial charge is 0.264 e. The van der Waals surface area contributed by atoms with Crippen molar-refractivity contribution < 1.29 is 21.6 Å². The Bertz CT molecular complexity index is 1270. The Kier molecular flexibility index (Phi) is 6.88. The molecule has 0 atom stereocenters. The Morgan fingerprint density at radius 1 is 0.871 bits per heavy atom. The molecule has 2 N–H and O–H groups in total. The van der Waals surface area contributed by atoms with E-state index < -0.39 is 25.8 Å². The first-order valence-corrected chi connectivity index (χ1v) is 12.4. The second kappa shape index (κ2) is 9.41. The zero-order valence-electron chi connectivity index (χ0n) is 15.9. The zero-order valence-corrected chi connectivity index (χ0v) is 18.3. The molecule has 162 valence electrons. The molecule has 0 saturated heterocycles. The molecule has 0 spiro atoms. The van der Waals surface area contributed by atoms with Gasteiger partial charge in [-0.15, -0.1) is 0 Å². The summed E-state index contributed by atoms with van der Waals surface area (Å²) >= 11 is 5.75. The highest BCUT2D eigenvalue weighted by Crippen LogP contribution is 2.18. The van der Waals surface area contributed by atoms with Crippen molar-refractivity contribution in [3.63, 3.8) is 0 Å². The van der Waals surface area contributed by atoms with Gasteiger partial charge in [0.05, 0.1) is 15.5 Å². The van der Waals surface area contributed by atoms with Gasteiger partial charge in [-0.05, 0) is 54.6 Å². The number of hydrogen-bond acceptors (Lipinski definition) is 7. The second-order valence-corrected chi connectivity index (χ2v) is 10.5. The number of rotatable bonds is 8. The van der Waals surface area contributed by atoms with Crippen LogP contribution in [0.4, 0.5) is 11.6 Å². The highest BCUT2D eigenvalue weighted by Gasteiger charge is 2.18. The van der Waals surface area contributed by atoms with Crippen LogP contribution < -0.4 is 10.0 Å². The third-order valence-corrected chi connectivity index (χ3v) is 7.34. The molecule has 0 aliphatic carbocycles. The lowest BCUT2D eigenvalue weighted by Crippen LogP contribution is -2.18. The number of amides is 1. The van der Waals surface area contributed by atoms with Gasteiger partial charge in [0.15, 0.2) is 9.84 Å². The van der Waals surface area contributed by atoms with E-state index in [1.807, 2.05) is 0 Å². The highest BCUT2D eigenvalue weighted by atomic mass is 35.5. The molecule has 1 aromatic heterocycles. The van der Waals surface area contributed by atoms with E-state index in [4.69, 9.17) is 11.6 Å². The summed E-state index contributed by atoms with van der Waals surface area (Å²) in [4.78, 5) is 19.7. The zero-order chi connectivity index (χ0) is 22.5. The van der Waals surface area contributed by atoms with Crippen molar-refractivity contribution in [3.05, 3.63) is 72.0 Å². The van der Waals surface area contributed by atoms with Gasteiger partial charge in [0.2, 0.25) is 11.9 Å². The van der Waals surface area contributed by atoms with Crippen molar-refractivity contribution >= 4 is 49.0 Å². The van der Waals surface area contributed by atoms with Crippen molar-refractivity contribution in [1.82, 2.24) is 9.97 Å². The van der Waals surface area contributed by atoms with Crippen LogP contribution in [-0.4, -0.2) is 38.5 Å². The van der Waals surface area contributed by atoms with Gasteiger partial charge >= 0.3 is 0 Å². The molecule has 3 rings (SSSR count). The second-order valence-electron chi connectivity index (χ2n) is 6.27. The molecule has 1 heterocycles. The molecule has 31 heavy (non-hydrogen) atoms. The van der Waals surface area contributed by atoms with Crippen molar-refractivity contribution in [2.24, 2.45) is 0 Å². The number of sulfonamides is 1. The lowest BCUT2D eigenvalue weighted by Gasteiger charge is -2.09. The molecule has 2 aromatic carbocycles. The Balaban J connectivity index is 1.59. The molecular formula is C19H17ClN4O5S2. The first kappa shape index (κ1) is 22.7. The minimum absolute atomic E-state index is 0.0525. The molecule has 0 radical (unpaired) electrons. The van der Waals surface area contributed by atoms with E-state index in [-0.39, 0.29) is 27.9 Å². The Morgan fingerprint density at radius 3 is 2.06 bits per heavy atom. The van der Waals surface area contributed by atoms with Crippen LogP contribution >= 0.6 is 11.6 Å². The largest absolute Gasteiger partial charge is 0.326 e. The van der Waals surface area contributed by atoms with Crippen molar-refractivity contribution in [3.8, 4) is 0 Å². The molecule has 3 aromatic rings. The summed E-state index contributed by atoms with van der Waals surface area (Å²) in [6.07, 6.45) is 2.53. The van der Waals surface area contributed by atoms with Crippen LogP contribution in [0.3, 0.4) is 0 Å². The number of nitrogens with one attached hydrogen (secondary N) is 2. The summed E-state index contributed by atoms with van der Waals surface area (Å²) in [6.45, 7) is 0. The van der Waals surface area contributed by atoms with Gasteiger partial charge in [-0.1, -0.05) is 11.6 Å². The quantitative estimate of drug-likeness (QED) is 0.506. The average molecular weight is 481 g/mol. The number of nitrogens with zero attached hydrogens (tertiary/aromatic N) is 2. The average Bonchev–Trinajstić information content (AvgIpc) is 2.73. The number of aromatic nitrogens is 2. The molecule has 0 saturated carbocycles. The number of sulfone groups is 1. The summed E-state index contributed by atoms with van der Waals surface area (Å²) in [5.74, 6) is -0.973. The van der Waals surface area contributed by atoms with E-state index in [9.17, 15) is 21.6 Å². The normalized spacial score (nSPS) is 11.6. The van der Waals surface area contributed by atoms with Gasteiger partial charge < -0.3 is 5.32 Å². The van der Waals surface area contributed by atoms with E-state index in [0.717, 1.165) is 0 Å². The first-order valence-electron chi connectivity index (χ1n) is 8.84. The molecule has 12 heteroatoms. The number of anilines is 2. The summed E-state index contributed by atoms with van der Waals surface area (Å²) in [6, 6.07) is 12.6. The third-order valence-electron chi connectivity index (χ3n) is 4.01. The van der Waals surface area contributed by atoms with Crippen LogP contribution in [-0.2, 0) is 24.7 Å². The summed E-state index contributed by atoms with van der Waals surface area (Å²) < 4.78 is 51.5. The van der Waals surface area contributed by atoms with Gasteiger partial charge in [0.1, 0.15) is 0 Å². The first-order chi connectivity index (χ1) is 14.7. The van der Waals surface area contributed by atoms with E-state index in [0.29, 0.717) is 10.7 Å². The lowest BCUT2D eigenvalue weighted by molar-refractivity contribution is -0.115. The minimum Gasteiger partial charge on any atom is -0.326 e. The number of hydrogen-bond donors (Lipinski definition) is 2. The lowest BCUT2D eigenvalue weighted by atomic mass is 10.3. The molecule has 9 nitrogen and oxygen atoms in total. The van der Waals surface area contributed by atoms with Gasteiger partial charge in [-0.2, -0.15) is 0 Å². The van der Waals surface area contributed by atoms with Gasteiger partial charge in [-0.3, -0.25) is 4.79 Å². The van der Waals surface area contributed by atoms with E-state index in [1.165, 1.54) is 60.9 Å². The fourth-order valence-corrected chi connectivity index (χ4v) is 4.78. The maximum atomic E-state index is 12.4. The number of carbonyl (C=O) groups excluding carboxylic acids is 1. The number of carbonyl (C=O) groups is 1. The molecule has 0 fully saturated rings. The molecule has 0 bridgehead atoms. The van der Waals surface area contributed by atoms with E-state index in [1.54, 1.807) is 6.07 Å². The summed E-state index contributed by atoms with van der Waals surface area (Å²) in [5, 5.41) is 2.95. The van der Waals surface area contributed by atoms with Crippen LogP contribution in [0, 0.1) is 0 Å². The molecule has 0 unspecified atom stereocenters. The van der Waals surface area contributed by atoms with Gasteiger partial charge in [0, 0.05) is 29.5 Å². The minimum atomic E-state index is -3.90. The van der Waals surface area contributed by atoms with Crippen LogP contribution in [0.1, 0.15) is 6.42 Å². The maximum Gasteiger partial charge on any atom is 0.264 e. The molecule has 0 aliphatic rings. The topological polar surface area (TPSA) is 135 Å². The van der Waals surface area contributed by atoms with Crippen LogP contribution in [0.2, 0.25) is 5.02 Å². The molecular weight excluding hydrogens is 464 g/mol. The Labute approximate surface area is 184 Å². The van der Waals surface area contributed by atoms with E-state index >= 15 is 0 Å². The fraction of sp³-hybridized carbons (Fsp3) is 0.105. The van der Waals surface area contributed by atoms with Crippen LogP contribution in [0.25, 0.3) is 0 Å². The van der Waals surface area contributed by atoms with Crippen molar-refractivity contribution in [2.75, 3.05) is 15.8 Å². The Hall–Kier alpha value is -3.02. The van der Waals surface area contributed by atoms with E-state index in [2.05, 4.69) is 20.0 Å². The standard InChI is InChI=1S/C19H17ClN4O5S2/c20-14-2-6-16(7-3-14)30(26,27)13-10-18(25)23-15-4-8-17(9-5-15)31(28,29)24-19-21-11-1-12-22-19/h1-9,11-12H,10,13H2,(H,23,25)(H,21,22,24). The Morgan fingerprint density at radius 2 is 1.45 bits per heavy atom. The molecule has 0 aliphatic heterocycles. The van der Waals surface area contributed by atoms with Crippen molar-refractivity contribution in [2.45, 2.75) is 16.2 Å². The highest BCUT2D eigenvalue weighted by molar-refractivity contribution is 7.92.